The summed E-state index contributed by atoms with van der Waals surface area (Å²) in [6.45, 7) is 21.1. The van der Waals surface area contributed by atoms with Crippen LogP contribution in [0.25, 0.3) is 0 Å². The van der Waals surface area contributed by atoms with Gasteiger partial charge in [0.05, 0.1) is 0 Å². The maximum Gasteiger partial charge on any atom is -0.0386 e. The summed E-state index contributed by atoms with van der Waals surface area (Å²) in [6.07, 6.45) is 29.9. The minimum atomic E-state index is 0.887. The van der Waals surface area contributed by atoms with Crippen molar-refractivity contribution in [3.63, 3.8) is 0 Å². The van der Waals surface area contributed by atoms with Gasteiger partial charge in [0.2, 0.25) is 0 Å². The average Bonchev–Trinajstić information content (AvgIpc) is 3.35. The first-order valence-electron chi connectivity index (χ1n) is 18.1. The molecular formula is C38H76. The van der Waals surface area contributed by atoms with Crippen LogP contribution in [-0.2, 0) is 0 Å². The number of hydrogen-bond acceptors (Lipinski definition) is 0. The summed E-state index contributed by atoms with van der Waals surface area (Å²) < 4.78 is 0. The summed E-state index contributed by atoms with van der Waals surface area (Å²) in [5, 5.41) is 0. The molecule has 0 aliphatic heterocycles. The molecule has 4 aliphatic carbocycles. The highest BCUT2D eigenvalue weighted by Gasteiger charge is 2.22. The SMILES string of the molecule is CC(C)C(C)C1CCCCC1.CC(C)CC1CCC1.CC(C)CC1CCCC1.CC(C)CC1CCCCC1. The molecule has 0 N–H and O–H groups in total. The molecule has 0 aromatic heterocycles. The molecule has 4 saturated carbocycles. The van der Waals surface area contributed by atoms with Gasteiger partial charge >= 0.3 is 0 Å². The lowest BCUT2D eigenvalue weighted by molar-refractivity contribution is 0.213. The zero-order valence-electron chi connectivity index (χ0n) is 28.3. The van der Waals surface area contributed by atoms with Crippen molar-refractivity contribution in [1.29, 1.82) is 0 Å². The molecule has 0 amide bonds. The molecule has 0 heteroatoms. The molecule has 0 heterocycles. The highest BCUT2D eigenvalue weighted by molar-refractivity contribution is 4.73. The van der Waals surface area contributed by atoms with Crippen LogP contribution in [0, 0.1) is 53.3 Å². The molecule has 0 aromatic carbocycles. The van der Waals surface area contributed by atoms with Gasteiger partial charge in [-0.05, 0) is 72.5 Å². The molecule has 0 saturated heterocycles. The van der Waals surface area contributed by atoms with Gasteiger partial charge in [0, 0.05) is 0 Å². The molecule has 1 unspecified atom stereocenters. The second kappa shape index (κ2) is 21.7. The van der Waals surface area contributed by atoms with Crippen LogP contribution in [0.3, 0.4) is 0 Å². The third-order valence-electron chi connectivity index (χ3n) is 10.3. The molecule has 0 spiro atoms. The van der Waals surface area contributed by atoms with Crippen molar-refractivity contribution in [1.82, 2.24) is 0 Å². The normalized spacial score (nSPS) is 22.3. The topological polar surface area (TPSA) is 0 Å². The fourth-order valence-electron chi connectivity index (χ4n) is 7.60. The standard InChI is InChI=1S/C11H22.C10H20.C9H18.C8H16/c1-9(2)10(3)11-7-5-4-6-8-11;1-9(2)8-10-6-4-3-5-7-10;1-8(2)7-9-5-3-4-6-9;1-7(2)6-8-4-3-5-8/h9-11H,4-8H2,1-3H3;9-10H,3-8H2,1-2H3;8-9H,3-7H2,1-2H3;7-8H,3-6H2,1-2H3. The Morgan fingerprint density at radius 3 is 0.921 bits per heavy atom. The molecule has 0 nitrogen and oxygen atoms in total. The van der Waals surface area contributed by atoms with Gasteiger partial charge in [-0.1, -0.05) is 171 Å². The Balaban J connectivity index is 0.000000255. The van der Waals surface area contributed by atoms with Crippen molar-refractivity contribution in [3.05, 3.63) is 0 Å². The zero-order valence-corrected chi connectivity index (χ0v) is 28.3. The van der Waals surface area contributed by atoms with Gasteiger partial charge in [0.15, 0.2) is 0 Å². The fraction of sp³-hybridized carbons (Fsp3) is 1.00. The lowest BCUT2D eigenvalue weighted by Crippen LogP contribution is -2.19. The van der Waals surface area contributed by atoms with Gasteiger partial charge < -0.3 is 0 Å². The first kappa shape index (κ1) is 36.0. The molecule has 0 bridgehead atoms. The van der Waals surface area contributed by atoms with Crippen LogP contribution in [0.5, 0.6) is 0 Å². The summed E-state index contributed by atoms with van der Waals surface area (Å²) in [7, 11) is 0. The predicted octanol–water partition coefficient (Wildman–Crippen LogP) is 13.5. The van der Waals surface area contributed by atoms with E-state index < -0.39 is 0 Å². The van der Waals surface area contributed by atoms with Crippen molar-refractivity contribution in [2.75, 3.05) is 0 Å². The van der Waals surface area contributed by atoms with Crippen LogP contribution in [0.15, 0.2) is 0 Å². The van der Waals surface area contributed by atoms with Gasteiger partial charge in [0.25, 0.3) is 0 Å². The van der Waals surface area contributed by atoms with Crippen LogP contribution >= 0.6 is 0 Å². The molecule has 4 aliphatic rings. The fourth-order valence-corrected chi connectivity index (χ4v) is 7.60. The zero-order chi connectivity index (χ0) is 28.3. The Morgan fingerprint density at radius 2 is 0.658 bits per heavy atom. The minimum absolute atomic E-state index is 0.887. The van der Waals surface area contributed by atoms with Gasteiger partial charge in [0.1, 0.15) is 0 Å². The molecule has 228 valence electrons. The first-order valence-corrected chi connectivity index (χ1v) is 18.1. The van der Waals surface area contributed by atoms with E-state index in [0.29, 0.717) is 0 Å². The van der Waals surface area contributed by atoms with E-state index in [2.05, 4.69) is 62.3 Å². The van der Waals surface area contributed by atoms with Crippen LogP contribution < -0.4 is 0 Å². The Hall–Kier alpha value is 0. The largest absolute Gasteiger partial charge is 0.0628 e. The smallest absolute Gasteiger partial charge is 0.0386 e. The van der Waals surface area contributed by atoms with Crippen LogP contribution in [0.1, 0.15) is 191 Å². The van der Waals surface area contributed by atoms with E-state index >= 15 is 0 Å². The van der Waals surface area contributed by atoms with Crippen molar-refractivity contribution < 1.29 is 0 Å². The Bertz CT molecular complexity index is 492. The van der Waals surface area contributed by atoms with E-state index in [1.165, 1.54) is 128 Å². The van der Waals surface area contributed by atoms with E-state index in [1.54, 1.807) is 0 Å². The molecule has 1 atom stereocenters. The van der Waals surface area contributed by atoms with E-state index in [1.807, 2.05) is 0 Å². The maximum absolute atomic E-state index is 2.43. The third kappa shape index (κ3) is 18.4. The highest BCUT2D eigenvalue weighted by atomic mass is 14.3. The second-order valence-electron chi connectivity index (χ2n) is 15.8. The minimum Gasteiger partial charge on any atom is -0.0628 e. The first-order chi connectivity index (χ1) is 18.1. The average molecular weight is 533 g/mol. The quantitative estimate of drug-likeness (QED) is 0.291. The summed E-state index contributed by atoms with van der Waals surface area (Å²) in [5.41, 5.74) is 0. The van der Waals surface area contributed by atoms with Gasteiger partial charge in [-0.2, -0.15) is 0 Å². The van der Waals surface area contributed by atoms with E-state index in [-0.39, 0.29) is 0 Å². The number of hydrogen-bond donors (Lipinski definition) is 0. The van der Waals surface area contributed by atoms with E-state index in [0.717, 1.165) is 53.3 Å². The van der Waals surface area contributed by atoms with Gasteiger partial charge in [-0.25, -0.2) is 0 Å². The maximum atomic E-state index is 2.43. The van der Waals surface area contributed by atoms with Crippen molar-refractivity contribution >= 4 is 0 Å². The van der Waals surface area contributed by atoms with Gasteiger partial charge in [-0.3, -0.25) is 0 Å². The van der Waals surface area contributed by atoms with E-state index in [4.69, 9.17) is 0 Å². The van der Waals surface area contributed by atoms with Crippen LogP contribution in [0.2, 0.25) is 0 Å². The lowest BCUT2D eigenvalue weighted by atomic mass is 9.76. The van der Waals surface area contributed by atoms with Gasteiger partial charge in [-0.15, -0.1) is 0 Å². The highest BCUT2D eigenvalue weighted by Crippen LogP contribution is 2.34. The number of rotatable bonds is 8. The Labute approximate surface area is 243 Å². The summed E-state index contributed by atoms with van der Waals surface area (Å²) >= 11 is 0. The van der Waals surface area contributed by atoms with Crippen LogP contribution in [0.4, 0.5) is 0 Å². The second-order valence-corrected chi connectivity index (χ2v) is 15.8. The van der Waals surface area contributed by atoms with Crippen molar-refractivity contribution in [2.24, 2.45) is 53.3 Å². The van der Waals surface area contributed by atoms with Crippen molar-refractivity contribution in [2.45, 2.75) is 191 Å². The summed E-state index contributed by atoms with van der Waals surface area (Å²) in [5.74, 6) is 8.93. The monoisotopic (exact) mass is 533 g/mol. The molecular weight excluding hydrogens is 456 g/mol. The Kier molecular flexibility index (Phi) is 20.6. The predicted molar refractivity (Wildman–Crippen MR) is 175 cm³/mol. The molecule has 38 heavy (non-hydrogen) atoms. The Morgan fingerprint density at radius 1 is 0.368 bits per heavy atom. The lowest BCUT2D eigenvalue weighted by Gasteiger charge is -2.30. The van der Waals surface area contributed by atoms with Crippen LogP contribution in [-0.4, -0.2) is 0 Å². The summed E-state index contributed by atoms with van der Waals surface area (Å²) in [4.78, 5) is 0. The molecule has 4 rings (SSSR count). The summed E-state index contributed by atoms with van der Waals surface area (Å²) in [6, 6.07) is 0. The van der Waals surface area contributed by atoms with E-state index in [9.17, 15) is 0 Å². The molecule has 0 radical (unpaired) electrons. The van der Waals surface area contributed by atoms with Crippen molar-refractivity contribution in [3.8, 4) is 0 Å². The molecule has 0 aromatic rings. The third-order valence-corrected chi connectivity index (χ3v) is 10.3. The molecule has 4 fully saturated rings.